The van der Waals surface area contributed by atoms with Gasteiger partial charge >= 0.3 is 88.0 Å². The second-order valence-electron chi connectivity index (χ2n) is 0. The van der Waals surface area contributed by atoms with Crippen LogP contribution in [-0.4, -0.2) is 0 Å². The topological polar surface area (TPSA) is 0 Å². The van der Waals surface area contributed by atoms with Crippen molar-refractivity contribution in [2.24, 2.45) is 0 Å². The molecule has 32 valence electrons. The Labute approximate surface area is 86.1 Å². The molecule has 6 heavy (non-hydrogen) atoms. The first-order valence-corrected chi connectivity index (χ1v) is 14.0. The van der Waals surface area contributed by atoms with Crippen molar-refractivity contribution in [1.29, 1.82) is 0 Å². The molecular formula is CdS3W2. The van der Waals surface area contributed by atoms with Crippen molar-refractivity contribution < 1.29 is 59.7 Å². The summed E-state index contributed by atoms with van der Waals surface area (Å²) in [5.41, 5.74) is 0. The van der Waals surface area contributed by atoms with Gasteiger partial charge in [-0.25, -0.2) is 0 Å². The van der Waals surface area contributed by atoms with Gasteiger partial charge in [-0.05, 0) is 0 Å². The molecule has 0 unspecified atom stereocenters. The molecule has 0 rings (SSSR count). The molecule has 0 bridgehead atoms. The summed E-state index contributed by atoms with van der Waals surface area (Å²) in [6, 6.07) is 0. The monoisotopic (exact) mass is 578 g/mol. The van der Waals surface area contributed by atoms with Crippen LogP contribution in [0.1, 0.15) is 0 Å². The molecule has 0 aromatic carbocycles. The molecule has 0 N–H and O–H groups in total. The fourth-order valence-electron chi connectivity index (χ4n) is 0. The van der Waals surface area contributed by atoms with Crippen LogP contribution in [0.5, 0.6) is 0 Å². The number of hydrogen-bond acceptors (Lipinski definition) is 3. The van der Waals surface area contributed by atoms with Crippen molar-refractivity contribution >= 4 is 28.3 Å². The van der Waals surface area contributed by atoms with E-state index in [-0.39, 0.29) is 0 Å². The summed E-state index contributed by atoms with van der Waals surface area (Å²) in [5.74, 6) is 0. The zero-order chi connectivity index (χ0) is 6.00. The second-order valence-corrected chi connectivity index (χ2v) is 0. The van der Waals surface area contributed by atoms with Crippen LogP contribution in [0.2, 0.25) is 0 Å². The Kier molecular flexibility index (Phi) is 117. The normalized spacial score (nSPS) is 2.33. The Bertz CT molecular complexity index is 13.5. The first kappa shape index (κ1) is 16.0. The predicted molar refractivity (Wildman–Crippen MR) is 22.8 cm³/mol. The summed E-state index contributed by atoms with van der Waals surface area (Å²) in [4.78, 5) is 0. The van der Waals surface area contributed by atoms with E-state index in [2.05, 4.69) is 28.3 Å². The molecule has 0 aromatic rings. The maximum absolute atomic E-state index is 4.25. The molecular weight excluding hydrogens is 576 g/mol. The fourth-order valence-corrected chi connectivity index (χ4v) is 0. The van der Waals surface area contributed by atoms with Crippen LogP contribution in [-0.2, 0) is 59.7 Å². The SMILES string of the molecule is [S]=[Cd].[S]=[W].[S]=[W]. The molecule has 0 atom stereocenters. The molecule has 0 aliphatic heterocycles. The molecule has 0 nitrogen and oxygen atoms in total. The zero-order valence-electron chi connectivity index (χ0n) is 2.75. The van der Waals surface area contributed by atoms with E-state index < -0.39 is 0 Å². The molecule has 0 saturated carbocycles. The van der Waals surface area contributed by atoms with Crippen LogP contribution < -0.4 is 0 Å². The van der Waals surface area contributed by atoms with Crippen LogP contribution >= 0.6 is 28.3 Å². The number of hydrogen-bond donors (Lipinski definition) is 0. The molecule has 0 aromatic heterocycles. The summed E-state index contributed by atoms with van der Waals surface area (Å²) in [7, 11) is 12.6. The summed E-state index contributed by atoms with van der Waals surface area (Å²) < 4.78 is 0. The first-order chi connectivity index (χ1) is 3.00. The molecule has 0 aliphatic carbocycles. The summed E-state index contributed by atoms with van der Waals surface area (Å²) >= 11 is 3.07. The number of rotatable bonds is 0. The van der Waals surface area contributed by atoms with Crippen molar-refractivity contribution in [1.82, 2.24) is 0 Å². The van der Waals surface area contributed by atoms with E-state index in [1.165, 1.54) is 36.0 Å². The van der Waals surface area contributed by atoms with Gasteiger partial charge in [0.05, 0.1) is 0 Å². The molecule has 0 spiro atoms. The van der Waals surface area contributed by atoms with E-state index in [4.69, 9.17) is 0 Å². The predicted octanol–water partition coefficient (Wildman–Crippen LogP) is 1.94. The summed E-state index contributed by atoms with van der Waals surface area (Å²) in [6.07, 6.45) is 0. The van der Waals surface area contributed by atoms with E-state index in [1.54, 1.807) is 0 Å². The van der Waals surface area contributed by atoms with Gasteiger partial charge < -0.3 is 0 Å². The summed E-state index contributed by atoms with van der Waals surface area (Å²) in [6.45, 7) is 0. The van der Waals surface area contributed by atoms with Crippen molar-refractivity contribution in [3.8, 4) is 0 Å². The molecule has 0 saturated heterocycles. The van der Waals surface area contributed by atoms with Gasteiger partial charge in [-0.2, -0.15) is 0 Å². The minimum absolute atomic E-state index is 0.733. The molecule has 0 fully saturated rings. The van der Waals surface area contributed by atoms with Gasteiger partial charge in [-0.3, -0.25) is 0 Å². The second kappa shape index (κ2) is 44.0. The van der Waals surface area contributed by atoms with Gasteiger partial charge in [0.1, 0.15) is 0 Å². The van der Waals surface area contributed by atoms with Crippen LogP contribution in [0.4, 0.5) is 0 Å². The van der Waals surface area contributed by atoms with Gasteiger partial charge in [-0.15, -0.1) is 0 Å². The van der Waals surface area contributed by atoms with Crippen LogP contribution in [0.3, 0.4) is 0 Å². The van der Waals surface area contributed by atoms with Crippen LogP contribution in [0.15, 0.2) is 0 Å². The zero-order valence-corrected chi connectivity index (χ0v) is 15.1. The van der Waals surface area contributed by atoms with Crippen LogP contribution in [0, 0.1) is 0 Å². The fraction of sp³-hybridized carbons (Fsp3) is 0. The third-order valence-corrected chi connectivity index (χ3v) is 0. The average molecular weight is 576 g/mol. The molecule has 0 radical (unpaired) electrons. The quantitative estimate of drug-likeness (QED) is 0.405. The Morgan fingerprint density at radius 2 is 0.833 bits per heavy atom. The van der Waals surface area contributed by atoms with Crippen molar-refractivity contribution in [3.63, 3.8) is 0 Å². The first-order valence-electron chi connectivity index (χ1n) is 0.622. The molecule has 0 amide bonds. The Morgan fingerprint density at radius 1 is 0.833 bits per heavy atom. The van der Waals surface area contributed by atoms with E-state index in [0.29, 0.717) is 0 Å². The Balaban J connectivity index is -0.0000000225. The molecule has 0 heterocycles. The van der Waals surface area contributed by atoms with Crippen molar-refractivity contribution in [3.05, 3.63) is 0 Å². The Morgan fingerprint density at radius 3 is 0.833 bits per heavy atom. The van der Waals surface area contributed by atoms with Gasteiger partial charge in [0.25, 0.3) is 0 Å². The standard InChI is InChI=1S/Cd.3S.2W. The van der Waals surface area contributed by atoms with E-state index in [1.807, 2.05) is 0 Å². The molecule has 6 heteroatoms. The van der Waals surface area contributed by atoms with Crippen LogP contribution in [0.25, 0.3) is 0 Å². The maximum atomic E-state index is 4.25. The van der Waals surface area contributed by atoms with Crippen molar-refractivity contribution in [2.45, 2.75) is 0 Å². The molecule has 0 aliphatic rings. The van der Waals surface area contributed by atoms with E-state index in [0.717, 1.165) is 23.7 Å². The summed E-state index contributed by atoms with van der Waals surface area (Å²) in [5, 5.41) is 0. The van der Waals surface area contributed by atoms with Gasteiger partial charge in [0.2, 0.25) is 0 Å². The third-order valence-electron chi connectivity index (χ3n) is 0. The van der Waals surface area contributed by atoms with Gasteiger partial charge in [0.15, 0.2) is 0 Å². The minimum atomic E-state index is 0.733. The third kappa shape index (κ3) is 28.2. The van der Waals surface area contributed by atoms with Gasteiger partial charge in [-0.1, -0.05) is 0 Å². The van der Waals surface area contributed by atoms with E-state index >= 15 is 0 Å². The average Bonchev–Trinajstić information content (AvgIpc) is 1.81. The van der Waals surface area contributed by atoms with Gasteiger partial charge in [0, 0.05) is 0 Å². The van der Waals surface area contributed by atoms with Crippen molar-refractivity contribution in [2.75, 3.05) is 0 Å². The van der Waals surface area contributed by atoms with E-state index in [9.17, 15) is 0 Å². The Hall–Kier alpha value is 2.96.